The van der Waals surface area contributed by atoms with Gasteiger partial charge in [-0.05, 0) is 47.1 Å². The maximum absolute atomic E-state index is 12.9. The summed E-state index contributed by atoms with van der Waals surface area (Å²) >= 11 is 0. The molecule has 10 nitrogen and oxygen atoms in total. The number of ether oxygens (including phenoxy) is 2. The number of hydrogen-bond donors (Lipinski definition) is 1. The van der Waals surface area contributed by atoms with Crippen molar-refractivity contribution in [3.63, 3.8) is 0 Å². The lowest BCUT2D eigenvalue weighted by Crippen LogP contribution is -2.42. The number of methoxy groups -OCH3 is 1. The Bertz CT molecular complexity index is 1620. The van der Waals surface area contributed by atoms with E-state index < -0.39 is 18.1 Å². The van der Waals surface area contributed by atoms with E-state index in [4.69, 9.17) is 9.47 Å². The number of nitrogens with zero attached hydrogens (tertiary/aromatic N) is 5. The number of esters is 1. The van der Waals surface area contributed by atoms with E-state index in [0.29, 0.717) is 32.4 Å². The van der Waals surface area contributed by atoms with Crippen LogP contribution < -0.4 is 5.32 Å². The minimum absolute atomic E-state index is 0.0637. The van der Waals surface area contributed by atoms with Gasteiger partial charge < -0.3 is 24.6 Å². The van der Waals surface area contributed by atoms with Gasteiger partial charge in [-0.25, -0.2) is 14.3 Å². The van der Waals surface area contributed by atoms with E-state index in [9.17, 15) is 9.59 Å². The fourth-order valence-electron chi connectivity index (χ4n) is 6.01. The number of amides is 1. The molecule has 1 aliphatic carbocycles. The minimum Gasteiger partial charge on any atom is -0.467 e. The fourth-order valence-corrected chi connectivity index (χ4v) is 6.01. The van der Waals surface area contributed by atoms with Gasteiger partial charge in [-0.1, -0.05) is 84.1 Å². The molecule has 230 valence electrons. The van der Waals surface area contributed by atoms with Crippen LogP contribution in [0.5, 0.6) is 0 Å². The molecule has 1 aromatic heterocycles. The molecule has 1 aliphatic heterocycles. The molecule has 1 atom stereocenters. The molecule has 4 aromatic rings. The van der Waals surface area contributed by atoms with Crippen molar-refractivity contribution in [1.82, 2.24) is 30.1 Å². The summed E-state index contributed by atoms with van der Waals surface area (Å²) < 4.78 is 12.5. The summed E-state index contributed by atoms with van der Waals surface area (Å²) in [6.07, 6.45) is 4.90. The summed E-state index contributed by atoms with van der Waals surface area (Å²) in [5.74, 6) is -0.571. The Morgan fingerprint density at radius 2 is 1.64 bits per heavy atom. The first-order valence-electron chi connectivity index (χ1n) is 15.1. The fraction of sp³-hybridized carbons (Fsp3) is 0.286. The molecular weight excluding hydrogens is 568 g/mol. The van der Waals surface area contributed by atoms with Crippen molar-refractivity contribution in [3.8, 4) is 11.1 Å². The Balaban J connectivity index is 1.01. The average molecular weight is 605 g/mol. The summed E-state index contributed by atoms with van der Waals surface area (Å²) in [6.45, 7) is 4.80. The van der Waals surface area contributed by atoms with Crippen LogP contribution in [0.25, 0.3) is 16.8 Å². The number of benzene rings is 3. The minimum atomic E-state index is -0.819. The number of nitrogens with one attached hydrogen (secondary N) is 1. The monoisotopic (exact) mass is 604 g/mol. The van der Waals surface area contributed by atoms with Crippen molar-refractivity contribution in [3.05, 3.63) is 120 Å². The lowest BCUT2D eigenvalue weighted by Gasteiger charge is -2.19. The molecule has 3 aromatic carbocycles. The zero-order chi connectivity index (χ0) is 31.2. The first kappa shape index (κ1) is 29.9. The maximum atomic E-state index is 12.9. The number of fused-ring (bicyclic) bond motifs is 3. The largest absolute Gasteiger partial charge is 0.467 e. The van der Waals surface area contributed by atoms with E-state index in [1.54, 1.807) is 6.20 Å². The van der Waals surface area contributed by atoms with Gasteiger partial charge in [0.1, 0.15) is 18.3 Å². The highest BCUT2D eigenvalue weighted by atomic mass is 16.6. The Kier molecular flexibility index (Phi) is 9.09. The normalized spacial score (nSPS) is 14.5. The van der Waals surface area contributed by atoms with Gasteiger partial charge in [0.15, 0.2) is 0 Å². The first-order valence-corrected chi connectivity index (χ1v) is 15.1. The smallest absolute Gasteiger partial charge is 0.407 e. The molecule has 10 heteroatoms. The topological polar surface area (TPSA) is 102 Å². The second-order valence-corrected chi connectivity index (χ2v) is 11.2. The van der Waals surface area contributed by atoms with Gasteiger partial charge in [-0.3, -0.25) is 0 Å². The molecule has 0 saturated heterocycles. The highest BCUT2D eigenvalue weighted by Gasteiger charge is 2.30. The van der Waals surface area contributed by atoms with E-state index in [1.807, 2.05) is 70.2 Å². The third-order valence-electron chi connectivity index (χ3n) is 8.23. The summed E-state index contributed by atoms with van der Waals surface area (Å²) in [4.78, 5) is 29.3. The van der Waals surface area contributed by atoms with Crippen LogP contribution in [0.1, 0.15) is 47.6 Å². The van der Waals surface area contributed by atoms with Crippen LogP contribution in [0.15, 0.2) is 91.3 Å². The Morgan fingerprint density at radius 3 is 2.36 bits per heavy atom. The maximum Gasteiger partial charge on any atom is 0.407 e. The SMILES string of the molecule is COC(=O)[C@H](CCCCn1nncc1C1=CN(Cc2ccccc2)[C]N1C)NC(=O)OCC1c2ccccc2-c2ccccc21. The lowest BCUT2D eigenvalue weighted by atomic mass is 9.98. The zero-order valence-corrected chi connectivity index (χ0v) is 25.4. The first-order chi connectivity index (χ1) is 22.0. The van der Waals surface area contributed by atoms with E-state index in [-0.39, 0.29) is 12.5 Å². The molecule has 0 bridgehead atoms. The zero-order valence-electron chi connectivity index (χ0n) is 25.4. The molecule has 2 aliphatic rings. The molecule has 6 rings (SSSR count). The molecule has 0 saturated carbocycles. The van der Waals surface area contributed by atoms with Crippen LogP contribution in [-0.4, -0.2) is 63.7 Å². The second kappa shape index (κ2) is 13.7. The number of carbonyl (C=O) groups excluding carboxylic acids is 2. The van der Waals surface area contributed by atoms with Gasteiger partial charge in [0.05, 0.1) is 19.0 Å². The Labute approximate surface area is 263 Å². The summed E-state index contributed by atoms with van der Waals surface area (Å²) in [5, 5.41) is 11.1. The molecular formula is C35H36N6O4. The molecule has 1 amide bonds. The van der Waals surface area contributed by atoms with E-state index in [2.05, 4.69) is 58.7 Å². The lowest BCUT2D eigenvalue weighted by molar-refractivity contribution is -0.143. The molecule has 2 heterocycles. The molecule has 45 heavy (non-hydrogen) atoms. The highest BCUT2D eigenvalue weighted by Crippen LogP contribution is 2.44. The van der Waals surface area contributed by atoms with Crippen LogP contribution >= 0.6 is 0 Å². The second-order valence-electron chi connectivity index (χ2n) is 11.2. The van der Waals surface area contributed by atoms with Crippen molar-refractivity contribution in [2.24, 2.45) is 0 Å². The van der Waals surface area contributed by atoms with Crippen molar-refractivity contribution in [2.75, 3.05) is 20.8 Å². The molecule has 1 N–H and O–H groups in total. The van der Waals surface area contributed by atoms with Crippen LogP contribution in [0.3, 0.4) is 0 Å². The number of aryl methyl sites for hydroxylation is 1. The quantitative estimate of drug-likeness (QED) is 0.172. The predicted octanol–water partition coefficient (Wildman–Crippen LogP) is 5.27. The Hall–Kier alpha value is -5.12. The van der Waals surface area contributed by atoms with Crippen molar-refractivity contribution < 1.29 is 19.1 Å². The van der Waals surface area contributed by atoms with Crippen LogP contribution in [0.2, 0.25) is 0 Å². The van der Waals surface area contributed by atoms with Crippen molar-refractivity contribution in [2.45, 2.75) is 44.3 Å². The van der Waals surface area contributed by atoms with Crippen molar-refractivity contribution in [1.29, 1.82) is 0 Å². The predicted molar refractivity (Wildman–Crippen MR) is 169 cm³/mol. The van der Waals surface area contributed by atoms with E-state index in [0.717, 1.165) is 33.6 Å². The number of unbranched alkanes of at least 4 members (excludes halogenated alkanes) is 1. The third-order valence-corrected chi connectivity index (χ3v) is 8.23. The van der Waals surface area contributed by atoms with Gasteiger partial charge >= 0.3 is 12.1 Å². The standard InChI is InChI=1S/C35H36N6O4/c1-39-24-40(21-25-12-4-3-5-13-25)22-33(39)32-20-36-38-41(32)19-11-10-18-31(34(42)44-2)37-35(43)45-23-30-28-16-8-6-14-26(28)27-15-7-9-17-29(27)30/h3-9,12-17,20,22,30-31H,10-11,18-19,21,23H2,1-2H3,(H,37,43)/t31-/m0/s1. The van der Waals surface area contributed by atoms with Gasteiger partial charge in [-0.2, -0.15) is 0 Å². The number of rotatable bonds is 12. The van der Waals surface area contributed by atoms with Gasteiger partial charge in [-0.15, -0.1) is 5.10 Å². The van der Waals surface area contributed by atoms with Gasteiger partial charge in [0.2, 0.25) is 6.67 Å². The summed E-state index contributed by atoms with van der Waals surface area (Å²) in [5.41, 5.74) is 7.57. The molecule has 0 unspecified atom stereocenters. The molecule has 2 radical (unpaired) electrons. The number of alkyl carbamates (subject to hydrolysis) is 1. The van der Waals surface area contributed by atoms with Crippen LogP contribution in [0, 0.1) is 6.67 Å². The Morgan fingerprint density at radius 1 is 0.956 bits per heavy atom. The van der Waals surface area contributed by atoms with Crippen LogP contribution in [0.4, 0.5) is 4.79 Å². The molecule has 0 spiro atoms. The van der Waals surface area contributed by atoms with Gasteiger partial charge in [0.25, 0.3) is 0 Å². The summed E-state index contributed by atoms with van der Waals surface area (Å²) in [7, 11) is 3.27. The van der Waals surface area contributed by atoms with Gasteiger partial charge in [0, 0.05) is 32.3 Å². The number of aromatic nitrogens is 3. The summed E-state index contributed by atoms with van der Waals surface area (Å²) in [6, 6.07) is 25.7. The third kappa shape index (κ3) is 6.69. The van der Waals surface area contributed by atoms with E-state index >= 15 is 0 Å². The average Bonchev–Trinajstić information content (AvgIpc) is 3.76. The van der Waals surface area contributed by atoms with Crippen LogP contribution in [-0.2, 0) is 27.4 Å². The number of hydrogen-bond acceptors (Lipinski definition) is 8. The highest BCUT2D eigenvalue weighted by molar-refractivity contribution is 5.82. The van der Waals surface area contributed by atoms with E-state index in [1.165, 1.54) is 12.7 Å². The molecule has 0 fully saturated rings. The number of carbonyl (C=O) groups is 2. The van der Waals surface area contributed by atoms with Crippen molar-refractivity contribution >= 4 is 17.8 Å².